The molecule has 5 aliphatic carbocycles. The lowest BCUT2D eigenvalue weighted by Crippen LogP contribution is -2.67. The van der Waals surface area contributed by atoms with Crippen molar-refractivity contribution in [3.05, 3.63) is 23.3 Å². The Morgan fingerprint density at radius 2 is 1.74 bits per heavy atom. The Hall–Kier alpha value is -2.89. The number of alkyl halides is 2. The number of rotatable bonds is 4. The van der Waals surface area contributed by atoms with Crippen molar-refractivity contribution < 1.29 is 32.7 Å². The number of ketones is 2. The SMILES string of the molecule is CC(=O)OC[C@]1(C)C(=O)C(C#N)=C[C@]2(C)C3=CC(=O)C4C5CC(C)(C)CC[C@]5(NC(=O)C(C)(F)F)CCC4[C@]3(C)CCC21. The van der Waals surface area contributed by atoms with Crippen LogP contribution in [0.15, 0.2) is 23.3 Å². The highest BCUT2D eigenvalue weighted by Crippen LogP contribution is 2.69. The molecule has 1 N–H and O–H groups in total. The van der Waals surface area contributed by atoms with Crippen LogP contribution in [0.25, 0.3) is 0 Å². The highest BCUT2D eigenvalue weighted by atomic mass is 19.3. The van der Waals surface area contributed by atoms with Crippen molar-refractivity contribution >= 4 is 23.4 Å². The molecule has 0 bridgehead atoms. The Kier molecular flexibility index (Phi) is 7.19. The first-order valence-electron chi connectivity index (χ1n) is 15.5. The number of carbonyl (C=O) groups excluding carboxylic acids is 4. The molecule has 8 atom stereocenters. The average molecular weight is 599 g/mol. The van der Waals surface area contributed by atoms with E-state index in [1.54, 1.807) is 19.1 Å². The van der Waals surface area contributed by atoms with Crippen molar-refractivity contribution in [1.82, 2.24) is 5.32 Å². The van der Waals surface area contributed by atoms with Gasteiger partial charge in [0, 0.05) is 30.7 Å². The number of ether oxygens (including phenoxy) is 1. The highest BCUT2D eigenvalue weighted by molar-refractivity contribution is 6.05. The fourth-order valence-corrected chi connectivity index (χ4v) is 10.1. The quantitative estimate of drug-likeness (QED) is 0.404. The van der Waals surface area contributed by atoms with Crippen molar-refractivity contribution in [3.8, 4) is 6.07 Å². The number of fused-ring (bicyclic) bond motifs is 7. The van der Waals surface area contributed by atoms with E-state index in [2.05, 4.69) is 32.2 Å². The Labute approximate surface area is 252 Å². The average Bonchev–Trinajstić information content (AvgIpc) is 2.90. The number of hydrogen-bond acceptors (Lipinski definition) is 6. The summed E-state index contributed by atoms with van der Waals surface area (Å²) in [4.78, 5) is 52.4. The van der Waals surface area contributed by atoms with Crippen molar-refractivity contribution in [1.29, 1.82) is 5.26 Å². The molecular weight excluding hydrogens is 554 g/mol. The third-order valence-electron chi connectivity index (χ3n) is 12.2. The number of Topliss-reactive ketones (excluding diaryl/α,β-unsaturated/α-hetero) is 1. The minimum atomic E-state index is -3.52. The van der Waals surface area contributed by atoms with Gasteiger partial charge in [-0.25, -0.2) is 0 Å². The minimum Gasteiger partial charge on any atom is -0.465 e. The van der Waals surface area contributed by atoms with Crippen molar-refractivity contribution in [2.45, 2.75) is 105 Å². The normalized spacial score (nSPS) is 41.7. The Bertz CT molecular complexity index is 1390. The molecule has 1 amide bonds. The summed E-state index contributed by atoms with van der Waals surface area (Å²) in [6.07, 6.45) is 7.81. The minimum absolute atomic E-state index is 0.00743. The summed E-state index contributed by atoms with van der Waals surface area (Å²) in [7, 11) is 0. The molecule has 0 heterocycles. The number of nitriles is 1. The van der Waals surface area contributed by atoms with E-state index in [0.717, 1.165) is 12.0 Å². The largest absolute Gasteiger partial charge is 0.465 e. The molecule has 0 aliphatic heterocycles. The third-order valence-corrected chi connectivity index (χ3v) is 12.2. The number of halogens is 2. The second-order valence-electron chi connectivity index (χ2n) is 15.6. The number of hydrogen-bond donors (Lipinski definition) is 1. The Balaban J connectivity index is 1.61. The van der Waals surface area contributed by atoms with Crippen LogP contribution in [-0.2, 0) is 23.9 Å². The van der Waals surface area contributed by atoms with Gasteiger partial charge in [-0.1, -0.05) is 39.3 Å². The van der Waals surface area contributed by atoms with Crippen LogP contribution < -0.4 is 5.32 Å². The fraction of sp³-hybridized carbons (Fsp3) is 0.735. The number of carbonyl (C=O) groups is 4. The lowest BCUT2D eigenvalue weighted by Gasteiger charge is -2.65. The number of nitrogens with one attached hydrogen (secondary N) is 1. The zero-order valence-corrected chi connectivity index (χ0v) is 26.4. The van der Waals surface area contributed by atoms with Crippen LogP contribution in [-0.4, -0.2) is 41.5 Å². The van der Waals surface area contributed by atoms with Gasteiger partial charge in [0.25, 0.3) is 5.91 Å². The number of allylic oxidation sites excluding steroid dienone is 4. The maximum atomic E-state index is 14.4. The van der Waals surface area contributed by atoms with Crippen LogP contribution in [0.5, 0.6) is 0 Å². The molecule has 43 heavy (non-hydrogen) atoms. The van der Waals surface area contributed by atoms with E-state index in [0.29, 0.717) is 45.4 Å². The van der Waals surface area contributed by atoms with Gasteiger partial charge >= 0.3 is 11.9 Å². The molecule has 234 valence electrons. The van der Waals surface area contributed by atoms with E-state index in [-0.39, 0.29) is 46.9 Å². The van der Waals surface area contributed by atoms with Gasteiger partial charge in [-0.05, 0) is 86.5 Å². The van der Waals surface area contributed by atoms with Gasteiger partial charge in [-0.2, -0.15) is 14.0 Å². The molecular formula is C34H44F2N2O5. The summed E-state index contributed by atoms with van der Waals surface area (Å²) in [6, 6.07) is 2.07. The molecule has 9 heteroatoms. The molecule has 7 nitrogen and oxygen atoms in total. The predicted octanol–water partition coefficient (Wildman–Crippen LogP) is 5.88. The molecule has 5 aliphatic rings. The van der Waals surface area contributed by atoms with Crippen LogP contribution in [0, 0.1) is 56.7 Å². The third kappa shape index (κ3) is 4.69. The summed E-state index contributed by atoms with van der Waals surface area (Å²) >= 11 is 0. The van der Waals surface area contributed by atoms with Crippen molar-refractivity contribution in [3.63, 3.8) is 0 Å². The smallest absolute Gasteiger partial charge is 0.321 e. The summed E-state index contributed by atoms with van der Waals surface area (Å²) in [6.45, 7) is 11.9. The van der Waals surface area contributed by atoms with E-state index < -0.39 is 45.5 Å². The Morgan fingerprint density at radius 3 is 2.35 bits per heavy atom. The lowest BCUT2D eigenvalue weighted by molar-refractivity contribution is -0.158. The second kappa shape index (κ2) is 9.81. The van der Waals surface area contributed by atoms with Gasteiger partial charge in [0.15, 0.2) is 11.6 Å². The lowest BCUT2D eigenvalue weighted by atomic mass is 9.39. The highest BCUT2D eigenvalue weighted by Gasteiger charge is 2.67. The van der Waals surface area contributed by atoms with Crippen LogP contribution in [0.1, 0.15) is 93.4 Å². The number of esters is 1. The summed E-state index contributed by atoms with van der Waals surface area (Å²) < 4.78 is 33.7. The topological polar surface area (TPSA) is 113 Å². The molecule has 4 unspecified atom stereocenters. The molecule has 3 fully saturated rings. The molecule has 5 rings (SSSR count). The van der Waals surface area contributed by atoms with Gasteiger partial charge in [-0.15, -0.1) is 0 Å². The van der Waals surface area contributed by atoms with E-state index in [1.807, 2.05) is 6.92 Å². The zero-order chi connectivity index (χ0) is 32.0. The molecule has 0 saturated heterocycles. The van der Waals surface area contributed by atoms with E-state index in [1.165, 1.54) is 6.92 Å². The molecule has 0 radical (unpaired) electrons. The number of nitrogens with zero attached hydrogens (tertiary/aromatic N) is 1. The van der Waals surface area contributed by atoms with E-state index >= 15 is 0 Å². The van der Waals surface area contributed by atoms with Gasteiger partial charge in [-0.3, -0.25) is 19.2 Å². The van der Waals surface area contributed by atoms with Gasteiger partial charge in [0.1, 0.15) is 12.7 Å². The van der Waals surface area contributed by atoms with Crippen molar-refractivity contribution in [2.24, 2.45) is 45.3 Å². The fourth-order valence-electron chi connectivity index (χ4n) is 10.1. The van der Waals surface area contributed by atoms with Crippen LogP contribution in [0.4, 0.5) is 8.78 Å². The zero-order valence-electron chi connectivity index (χ0n) is 26.4. The maximum absolute atomic E-state index is 14.4. The van der Waals surface area contributed by atoms with Crippen molar-refractivity contribution in [2.75, 3.05) is 6.61 Å². The monoisotopic (exact) mass is 598 g/mol. The predicted molar refractivity (Wildman–Crippen MR) is 154 cm³/mol. The first kappa shape index (κ1) is 31.5. The Morgan fingerprint density at radius 1 is 1.07 bits per heavy atom. The van der Waals surface area contributed by atoms with Crippen LogP contribution in [0.2, 0.25) is 0 Å². The molecule has 0 aromatic rings. The second-order valence-corrected chi connectivity index (χ2v) is 15.6. The maximum Gasteiger partial charge on any atom is 0.321 e. The van der Waals surface area contributed by atoms with Gasteiger partial charge in [0.05, 0.1) is 11.0 Å². The van der Waals surface area contributed by atoms with Gasteiger partial charge in [0.2, 0.25) is 0 Å². The summed E-state index contributed by atoms with van der Waals surface area (Å²) in [5, 5.41) is 12.8. The van der Waals surface area contributed by atoms with E-state index in [9.17, 15) is 33.2 Å². The van der Waals surface area contributed by atoms with Gasteiger partial charge < -0.3 is 10.1 Å². The first-order valence-corrected chi connectivity index (χ1v) is 15.5. The molecule has 0 aromatic carbocycles. The standard InChI is InChI=1S/C34H44F2N2O5/c1-19(39)43-18-32(6)24-9-10-30(4)21-8-11-34(38-28(42)33(7,35)36)13-12-29(2,3)16-22(34)26(21)23(40)14-25(30)31(24,5)15-20(17-37)27(32)41/h14-15,21-22,24,26H,8-13,16,18H2,1-7H3,(H,38,42)/t21?,22?,24?,26?,30-,31-,32-,34+/m0/s1. The number of amides is 1. The molecule has 3 saturated carbocycles. The first-order chi connectivity index (χ1) is 19.7. The van der Waals surface area contributed by atoms with E-state index in [4.69, 9.17) is 4.74 Å². The molecule has 0 spiro atoms. The molecule has 0 aromatic heterocycles. The summed E-state index contributed by atoms with van der Waals surface area (Å²) in [5.41, 5.74) is -2.48. The summed E-state index contributed by atoms with van der Waals surface area (Å²) in [5.74, 6) is -6.85. The van der Waals surface area contributed by atoms with Crippen LogP contribution in [0.3, 0.4) is 0 Å². The van der Waals surface area contributed by atoms with Crippen LogP contribution >= 0.6 is 0 Å².